The first-order chi connectivity index (χ1) is 13.3. The minimum absolute atomic E-state index is 0.104. The van der Waals surface area contributed by atoms with Crippen LogP contribution in [0.4, 0.5) is 20.6 Å². The van der Waals surface area contributed by atoms with Gasteiger partial charge in [0, 0.05) is 24.3 Å². The molecule has 0 saturated carbocycles. The first-order valence-corrected chi connectivity index (χ1v) is 10.8. The molecule has 0 radical (unpaired) electrons. The molecule has 1 aromatic rings. The van der Waals surface area contributed by atoms with Gasteiger partial charge in [0.05, 0.1) is 24.5 Å². The van der Waals surface area contributed by atoms with Gasteiger partial charge in [0.2, 0.25) is 5.91 Å². The second-order valence-corrected chi connectivity index (χ2v) is 9.39. The van der Waals surface area contributed by atoms with Gasteiger partial charge in [0.15, 0.2) is 0 Å². The van der Waals surface area contributed by atoms with Crippen LogP contribution in [0.1, 0.15) is 27.2 Å². The number of carbonyl (C=O) groups excluding carboxylic acids is 2. The van der Waals surface area contributed by atoms with Gasteiger partial charge in [0.1, 0.15) is 11.9 Å². The first kappa shape index (κ1) is 20.8. The monoisotopic (exact) mass is 409 g/mol. The molecule has 2 fully saturated rings. The van der Waals surface area contributed by atoms with E-state index in [1.807, 2.05) is 32.5 Å². The highest BCUT2D eigenvalue weighted by Gasteiger charge is 2.34. The maximum absolute atomic E-state index is 14.7. The fourth-order valence-corrected chi connectivity index (χ4v) is 4.10. The van der Waals surface area contributed by atoms with Gasteiger partial charge in [-0.05, 0) is 30.4 Å². The molecule has 0 bridgehead atoms. The van der Waals surface area contributed by atoms with Crippen molar-refractivity contribution in [2.45, 2.75) is 33.3 Å². The molecule has 3 rings (SSSR count). The Morgan fingerprint density at radius 1 is 1.32 bits per heavy atom. The number of ether oxygens (including phenoxy) is 1. The number of nitrogens with one attached hydrogen (secondary N) is 1. The molecule has 0 aliphatic carbocycles. The molecule has 2 saturated heterocycles. The van der Waals surface area contributed by atoms with Gasteiger partial charge in [-0.3, -0.25) is 9.69 Å². The Bertz CT molecular complexity index is 730. The number of hydrogen-bond acceptors (Lipinski definition) is 5. The van der Waals surface area contributed by atoms with Gasteiger partial charge in [0.25, 0.3) is 0 Å². The third kappa shape index (κ3) is 4.90. The first-order valence-electron chi connectivity index (χ1n) is 9.64. The summed E-state index contributed by atoms with van der Waals surface area (Å²) in [6.07, 6.45) is 0.0595. The molecule has 2 amide bonds. The van der Waals surface area contributed by atoms with Crippen molar-refractivity contribution in [2.24, 2.45) is 5.41 Å². The lowest BCUT2D eigenvalue weighted by Gasteiger charge is -2.24. The summed E-state index contributed by atoms with van der Waals surface area (Å²) in [7, 11) is 0. The molecular weight excluding hydrogens is 381 g/mol. The summed E-state index contributed by atoms with van der Waals surface area (Å²) >= 11 is 1.89. The molecule has 0 spiro atoms. The van der Waals surface area contributed by atoms with Crippen molar-refractivity contribution in [1.29, 1.82) is 0 Å². The maximum Gasteiger partial charge on any atom is 0.414 e. The van der Waals surface area contributed by atoms with Gasteiger partial charge in [-0.25, -0.2) is 9.18 Å². The Kier molecular flexibility index (Phi) is 6.37. The predicted octanol–water partition coefficient (Wildman–Crippen LogP) is 3.26. The third-order valence-corrected chi connectivity index (χ3v) is 5.90. The molecule has 1 unspecified atom stereocenters. The zero-order valence-electron chi connectivity index (χ0n) is 16.7. The van der Waals surface area contributed by atoms with Crippen molar-refractivity contribution >= 4 is 35.1 Å². The van der Waals surface area contributed by atoms with Crippen molar-refractivity contribution in [1.82, 2.24) is 5.32 Å². The van der Waals surface area contributed by atoms with Crippen LogP contribution in [0.25, 0.3) is 0 Å². The Balaban J connectivity index is 1.64. The molecule has 154 valence electrons. The van der Waals surface area contributed by atoms with Crippen LogP contribution in [-0.4, -0.2) is 55.8 Å². The van der Waals surface area contributed by atoms with Crippen LogP contribution in [-0.2, 0) is 9.53 Å². The Labute approximate surface area is 169 Å². The summed E-state index contributed by atoms with van der Waals surface area (Å²) in [5.41, 5.74) is 0.542. The van der Waals surface area contributed by atoms with Crippen molar-refractivity contribution in [3.8, 4) is 0 Å². The van der Waals surface area contributed by atoms with Gasteiger partial charge < -0.3 is 15.0 Å². The number of halogens is 1. The van der Waals surface area contributed by atoms with E-state index < -0.39 is 17.6 Å². The molecule has 0 aromatic heterocycles. The molecule has 2 heterocycles. The van der Waals surface area contributed by atoms with E-state index in [1.54, 1.807) is 12.1 Å². The van der Waals surface area contributed by atoms with Crippen molar-refractivity contribution in [3.05, 3.63) is 24.0 Å². The van der Waals surface area contributed by atoms with E-state index in [-0.39, 0.29) is 24.8 Å². The lowest BCUT2D eigenvalue weighted by atomic mass is 9.96. The summed E-state index contributed by atoms with van der Waals surface area (Å²) in [6.45, 7) is 7.65. The summed E-state index contributed by atoms with van der Waals surface area (Å²) in [4.78, 5) is 27.7. The van der Waals surface area contributed by atoms with Crippen molar-refractivity contribution in [3.63, 3.8) is 0 Å². The van der Waals surface area contributed by atoms with Gasteiger partial charge in [-0.1, -0.05) is 20.8 Å². The quantitative estimate of drug-likeness (QED) is 0.827. The predicted molar refractivity (Wildman–Crippen MR) is 111 cm³/mol. The molecule has 8 heteroatoms. The van der Waals surface area contributed by atoms with E-state index >= 15 is 0 Å². The highest BCUT2D eigenvalue weighted by Crippen LogP contribution is 2.29. The molecular formula is C20H28FN3O3S. The van der Waals surface area contributed by atoms with Gasteiger partial charge in [-0.2, -0.15) is 11.8 Å². The molecule has 2 aliphatic rings. The highest BCUT2D eigenvalue weighted by molar-refractivity contribution is 7.99. The third-order valence-electron chi connectivity index (χ3n) is 4.85. The number of amides is 2. The zero-order valence-corrected chi connectivity index (χ0v) is 17.5. The molecule has 1 N–H and O–H groups in total. The lowest BCUT2D eigenvalue weighted by molar-refractivity contribution is -0.128. The van der Waals surface area contributed by atoms with Crippen LogP contribution in [0.15, 0.2) is 18.2 Å². The van der Waals surface area contributed by atoms with E-state index in [0.29, 0.717) is 11.4 Å². The molecule has 6 nitrogen and oxygen atoms in total. The molecule has 2 aliphatic heterocycles. The highest BCUT2D eigenvalue weighted by atomic mass is 32.2. The standard InChI is InChI=1S/C20H28FN3O3S/c1-20(2,3)18(25)22-12-15-13-24(19(26)27-15)14-5-6-17(16(21)11-14)23-7-4-9-28-10-8-23/h5-6,11,15H,4,7-10,12-13H2,1-3H3,(H,22,25). The van der Waals surface area contributed by atoms with Gasteiger partial charge in [-0.15, -0.1) is 0 Å². The second-order valence-electron chi connectivity index (χ2n) is 8.17. The number of cyclic esters (lactones) is 1. The Hall–Kier alpha value is -1.96. The number of thioether (sulfide) groups is 1. The minimum atomic E-state index is -0.520. The van der Waals surface area contributed by atoms with E-state index in [1.165, 1.54) is 11.0 Å². The second kappa shape index (κ2) is 8.59. The van der Waals surface area contributed by atoms with Crippen molar-refractivity contribution in [2.75, 3.05) is 47.5 Å². The number of benzene rings is 1. The number of rotatable bonds is 4. The average molecular weight is 410 g/mol. The van der Waals surface area contributed by atoms with Crippen LogP contribution in [0.2, 0.25) is 0 Å². The smallest absolute Gasteiger partial charge is 0.414 e. The van der Waals surface area contributed by atoms with Crippen LogP contribution in [0, 0.1) is 11.2 Å². The zero-order chi connectivity index (χ0) is 20.3. The fourth-order valence-electron chi connectivity index (χ4n) is 3.22. The number of hydrogen-bond donors (Lipinski definition) is 1. The molecule has 1 atom stereocenters. The van der Waals surface area contributed by atoms with Crippen LogP contribution >= 0.6 is 11.8 Å². The summed E-state index contributed by atoms with van der Waals surface area (Å²) in [5.74, 6) is 1.65. The summed E-state index contributed by atoms with van der Waals surface area (Å²) < 4.78 is 20.1. The summed E-state index contributed by atoms with van der Waals surface area (Å²) in [5, 5.41) is 2.80. The minimum Gasteiger partial charge on any atom is -0.442 e. The van der Waals surface area contributed by atoms with Crippen LogP contribution in [0.3, 0.4) is 0 Å². The van der Waals surface area contributed by atoms with Gasteiger partial charge >= 0.3 is 6.09 Å². The van der Waals surface area contributed by atoms with E-state index in [2.05, 4.69) is 10.2 Å². The lowest BCUT2D eigenvalue weighted by Crippen LogP contribution is -2.40. The largest absolute Gasteiger partial charge is 0.442 e. The molecule has 1 aromatic carbocycles. The SMILES string of the molecule is CC(C)(C)C(=O)NCC1CN(c2ccc(N3CCCSCC3)c(F)c2)C(=O)O1. The van der Waals surface area contributed by atoms with E-state index in [9.17, 15) is 14.0 Å². The number of carbonyl (C=O) groups is 2. The van der Waals surface area contributed by atoms with E-state index in [4.69, 9.17) is 4.74 Å². The Morgan fingerprint density at radius 3 is 2.82 bits per heavy atom. The normalized spacial score (nSPS) is 20.7. The van der Waals surface area contributed by atoms with Crippen molar-refractivity contribution < 1.29 is 18.7 Å². The number of anilines is 2. The van der Waals surface area contributed by atoms with Crippen LogP contribution < -0.4 is 15.1 Å². The van der Waals surface area contributed by atoms with E-state index in [0.717, 1.165) is 31.0 Å². The maximum atomic E-state index is 14.7. The average Bonchev–Trinajstić information content (AvgIpc) is 2.82. The number of nitrogens with zero attached hydrogens (tertiary/aromatic N) is 2. The molecule has 28 heavy (non-hydrogen) atoms. The fraction of sp³-hybridized carbons (Fsp3) is 0.600. The Morgan fingerprint density at radius 2 is 2.11 bits per heavy atom. The van der Waals surface area contributed by atoms with Crippen LogP contribution in [0.5, 0.6) is 0 Å². The summed E-state index contributed by atoms with van der Waals surface area (Å²) in [6, 6.07) is 4.89. The topological polar surface area (TPSA) is 61.9 Å².